The summed E-state index contributed by atoms with van der Waals surface area (Å²) >= 11 is 0. The minimum absolute atomic E-state index is 0.0572. The first-order valence-corrected chi connectivity index (χ1v) is 24.3. The molecule has 9 atom stereocenters. The average molecular weight is 899 g/mol. The molecule has 0 amide bonds. The highest BCUT2D eigenvalue weighted by molar-refractivity contribution is 7.47. The molecule has 15 heteroatoms. The number of carbonyl (C=O) groups excluding carboxylic acids is 2. The lowest BCUT2D eigenvalue weighted by Crippen LogP contribution is -2.64. The number of hydrogen-bond donors (Lipinski definition) is 7. The number of allylic oxidation sites excluding steroid dienone is 11. The molecule has 356 valence electrons. The molecule has 0 saturated heterocycles. The van der Waals surface area contributed by atoms with Crippen LogP contribution in [0.5, 0.6) is 0 Å². The Balaban J connectivity index is 2.54. The molecule has 0 aliphatic heterocycles. The van der Waals surface area contributed by atoms with Crippen LogP contribution in [0, 0.1) is 0 Å². The van der Waals surface area contributed by atoms with Gasteiger partial charge in [-0.2, -0.15) is 0 Å². The normalized spacial score (nSPS) is 23.0. The zero-order valence-electron chi connectivity index (χ0n) is 37.2. The number of phosphoric ester groups is 1. The predicted molar refractivity (Wildman–Crippen MR) is 241 cm³/mol. The Morgan fingerprint density at radius 3 is 1.61 bits per heavy atom. The maximum Gasteiger partial charge on any atom is 0.472 e. The molecular formula is C47H79O14P. The van der Waals surface area contributed by atoms with E-state index >= 15 is 0 Å². The van der Waals surface area contributed by atoms with Crippen LogP contribution < -0.4 is 0 Å². The largest absolute Gasteiger partial charge is 0.472 e. The minimum Gasteiger partial charge on any atom is -0.462 e. The Labute approximate surface area is 370 Å². The minimum atomic E-state index is -5.15. The number of phosphoric acid groups is 1. The Morgan fingerprint density at radius 1 is 0.565 bits per heavy atom. The number of ether oxygens (including phenoxy) is 2. The maximum absolute atomic E-state index is 12.8. The van der Waals surface area contributed by atoms with Gasteiger partial charge in [-0.15, -0.1) is 0 Å². The van der Waals surface area contributed by atoms with Gasteiger partial charge in [-0.05, 0) is 77.0 Å². The number of carbonyl (C=O) groups is 2. The summed E-state index contributed by atoms with van der Waals surface area (Å²) in [5, 5.41) is 59.9. The Bertz CT molecular complexity index is 1380. The van der Waals surface area contributed by atoms with Gasteiger partial charge in [0, 0.05) is 12.8 Å². The first-order chi connectivity index (χ1) is 29.8. The van der Waals surface area contributed by atoms with Gasteiger partial charge in [-0.25, -0.2) is 4.57 Å². The topological polar surface area (TPSA) is 230 Å². The molecule has 14 nitrogen and oxygen atoms in total. The van der Waals surface area contributed by atoms with E-state index in [1.54, 1.807) is 0 Å². The third-order valence-electron chi connectivity index (χ3n) is 10.1. The highest BCUT2D eigenvalue weighted by Gasteiger charge is 2.51. The summed E-state index contributed by atoms with van der Waals surface area (Å²) in [7, 11) is -5.15. The molecule has 0 bridgehead atoms. The molecule has 0 aromatic carbocycles. The van der Waals surface area contributed by atoms with E-state index in [0.29, 0.717) is 19.3 Å². The Kier molecular flexibility index (Phi) is 33.8. The predicted octanol–water partition coefficient (Wildman–Crippen LogP) is 7.69. The van der Waals surface area contributed by atoms with E-state index < -0.39 is 75.7 Å². The molecule has 0 spiro atoms. The second-order valence-electron chi connectivity index (χ2n) is 15.7. The van der Waals surface area contributed by atoms with Gasteiger partial charge in [0.05, 0.1) is 12.7 Å². The molecule has 0 aromatic rings. The second kappa shape index (κ2) is 36.6. The molecule has 0 heterocycles. The van der Waals surface area contributed by atoms with Crippen molar-refractivity contribution in [2.24, 2.45) is 0 Å². The van der Waals surface area contributed by atoms with Crippen LogP contribution in [0.1, 0.15) is 149 Å². The number of hydrogen-bond acceptors (Lipinski definition) is 13. The van der Waals surface area contributed by atoms with Crippen molar-refractivity contribution in [3.63, 3.8) is 0 Å². The fourth-order valence-corrected chi connectivity index (χ4v) is 7.30. The van der Waals surface area contributed by atoms with Crippen molar-refractivity contribution in [1.82, 2.24) is 0 Å². The number of unbranched alkanes of at least 4 members (excludes halogenated alkanes) is 10. The van der Waals surface area contributed by atoms with Crippen molar-refractivity contribution in [2.75, 3.05) is 13.2 Å². The van der Waals surface area contributed by atoms with Crippen LogP contribution >= 0.6 is 7.82 Å². The smallest absolute Gasteiger partial charge is 0.462 e. The van der Waals surface area contributed by atoms with E-state index in [2.05, 4.69) is 56.4 Å². The zero-order valence-corrected chi connectivity index (χ0v) is 38.1. The standard InChI is InChI=1S/C47H79O14P/c1-3-5-7-8-9-10-11-12-13-14-19-22-25-28-31-35-41(50)60-39(37-59-62(56,57)61-47-45(54)43(52)42(51)44(53)46(47)55)36-58-40(49)34-30-27-24-21-18-16-15-17-20-23-26-29-33-38(48)32-6-4-2/h9-10,12-13,15-16,20-21,23-24,29,33,38-39,42-48,51-55H,3-8,11,14,17-19,22,25-28,30-32,34-37H2,1-2H3,(H,56,57)/b10-9-,13-12-,16-15-,23-20-,24-21-,33-29-/t38-,39+,42?,43-,44+,45+,46+,47?/m0/s1. The van der Waals surface area contributed by atoms with Gasteiger partial charge in [0.2, 0.25) is 0 Å². The van der Waals surface area contributed by atoms with Crippen molar-refractivity contribution in [2.45, 2.75) is 198 Å². The van der Waals surface area contributed by atoms with Gasteiger partial charge in [-0.1, -0.05) is 132 Å². The first kappa shape index (κ1) is 57.3. The third-order valence-corrected chi connectivity index (χ3v) is 11.1. The van der Waals surface area contributed by atoms with Crippen molar-refractivity contribution < 1.29 is 68.2 Å². The average Bonchev–Trinajstić information content (AvgIpc) is 3.25. The molecule has 1 rings (SSSR count). The van der Waals surface area contributed by atoms with E-state index in [1.807, 2.05) is 30.4 Å². The molecular weight excluding hydrogens is 819 g/mol. The van der Waals surface area contributed by atoms with Crippen LogP contribution in [0.4, 0.5) is 0 Å². The van der Waals surface area contributed by atoms with E-state index in [-0.39, 0.29) is 18.9 Å². The maximum atomic E-state index is 12.8. The third kappa shape index (κ3) is 28.8. The number of rotatable bonds is 36. The summed E-state index contributed by atoms with van der Waals surface area (Å²) in [5.41, 5.74) is 0. The number of aliphatic hydroxyl groups excluding tert-OH is 6. The van der Waals surface area contributed by atoms with Gasteiger partial charge < -0.3 is 45.0 Å². The molecule has 1 aliphatic rings. The van der Waals surface area contributed by atoms with Crippen molar-refractivity contribution >= 4 is 19.8 Å². The molecule has 1 fully saturated rings. The highest BCUT2D eigenvalue weighted by atomic mass is 31.2. The van der Waals surface area contributed by atoms with Crippen molar-refractivity contribution in [1.29, 1.82) is 0 Å². The summed E-state index contributed by atoms with van der Waals surface area (Å²) in [5.74, 6) is -1.21. The molecule has 7 N–H and O–H groups in total. The monoisotopic (exact) mass is 899 g/mol. The first-order valence-electron chi connectivity index (χ1n) is 22.8. The van der Waals surface area contributed by atoms with Crippen LogP contribution in [0.15, 0.2) is 72.9 Å². The van der Waals surface area contributed by atoms with Gasteiger partial charge in [0.25, 0.3) is 0 Å². The summed E-state index contributed by atoms with van der Waals surface area (Å²) in [6.45, 7) is 3.04. The van der Waals surface area contributed by atoms with Crippen LogP contribution in [0.2, 0.25) is 0 Å². The number of aliphatic hydroxyl groups is 6. The summed E-state index contributed by atoms with van der Waals surface area (Å²) in [6.07, 6.45) is 28.6. The van der Waals surface area contributed by atoms with Gasteiger partial charge in [0.15, 0.2) is 6.10 Å². The molecule has 3 unspecified atom stereocenters. The van der Waals surface area contributed by atoms with E-state index in [1.165, 1.54) is 19.3 Å². The molecule has 0 radical (unpaired) electrons. The lowest BCUT2D eigenvalue weighted by atomic mass is 9.85. The van der Waals surface area contributed by atoms with E-state index in [9.17, 15) is 49.7 Å². The van der Waals surface area contributed by atoms with E-state index in [4.69, 9.17) is 18.5 Å². The van der Waals surface area contributed by atoms with E-state index in [0.717, 1.165) is 83.5 Å². The summed E-state index contributed by atoms with van der Waals surface area (Å²) < 4.78 is 33.4. The zero-order chi connectivity index (χ0) is 45.9. The summed E-state index contributed by atoms with van der Waals surface area (Å²) in [4.78, 5) is 35.7. The fraction of sp³-hybridized carbons (Fsp3) is 0.702. The molecule has 0 aromatic heterocycles. The molecule has 1 aliphatic carbocycles. The molecule has 1 saturated carbocycles. The number of esters is 2. The van der Waals surface area contributed by atoms with Gasteiger partial charge in [0.1, 0.15) is 43.2 Å². The Morgan fingerprint density at radius 2 is 1.03 bits per heavy atom. The van der Waals surface area contributed by atoms with Crippen LogP contribution in [-0.2, 0) is 32.7 Å². The van der Waals surface area contributed by atoms with Crippen molar-refractivity contribution in [3.8, 4) is 0 Å². The lowest BCUT2D eigenvalue weighted by Gasteiger charge is -2.41. The van der Waals surface area contributed by atoms with Crippen LogP contribution in [-0.4, -0.2) is 110 Å². The van der Waals surface area contributed by atoms with Crippen molar-refractivity contribution in [3.05, 3.63) is 72.9 Å². The second-order valence-corrected chi connectivity index (χ2v) is 17.1. The SMILES string of the molecule is CCCCC/C=C\C/C=C\CCCCCCCC(=O)O[C@H](COC(=O)CCC/C=C\C/C=C\C/C=C\C/C=C\[C@@H](O)CCCC)COP(=O)(O)OC1[C@H](O)[C@H](O)C(O)[C@H](O)[C@H]1O. The Hall–Kier alpha value is -2.75. The quantitative estimate of drug-likeness (QED) is 0.0138. The van der Waals surface area contributed by atoms with Gasteiger partial charge >= 0.3 is 19.8 Å². The van der Waals surface area contributed by atoms with Gasteiger partial charge in [-0.3, -0.25) is 18.6 Å². The highest BCUT2D eigenvalue weighted by Crippen LogP contribution is 2.47. The van der Waals surface area contributed by atoms with Crippen LogP contribution in [0.3, 0.4) is 0 Å². The lowest BCUT2D eigenvalue weighted by molar-refractivity contribution is -0.220. The molecule has 62 heavy (non-hydrogen) atoms. The van der Waals surface area contributed by atoms with Crippen LogP contribution in [0.25, 0.3) is 0 Å². The fourth-order valence-electron chi connectivity index (χ4n) is 6.33. The summed E-state index contributed by atoms with van der Waals surface area (Å²) in [6, 6.07) is 0.